The van der Waals surface area contributed by atoms with Gasteiger partial charge in [-0.3, -0.25) is 4.57 Å². The molecule has 1 aromatic carbocycles. The summed E-state index contributed by atoms with van der Waals surface area (Å²) in [5.74, 6) is 2.26. The molecule has 0 spiro atoms. The maximum atomic E-state index is 5.70. The Morgan fingerprint density at radius 3 is 2.86 bits per heavy atom. The molecule has 8 nitrogen and oxygen atoms in total. The Labute approximate surface area is 189 Å². The maximum absolute atomic E-state index is 5.70. The zero-order chi connectivity index (χ0) is 19.6. The molecule has 0 saturated carbocycles. The Balaban J connectivity index is 0.00000300. The molecule has 2 aromatic rings. The number of likely N-dealkylation sites (tertiary alicyclic amines) is 1. The lowest BCUT2D eigenvalue weighted by Crippen LogP contribution is -2.40. The number of methoxy groups -OCH3 is 1. The molecule has 1 atom stereocenters. The highest BCUT2D eigenvalue weighted by Crippen LogP contribution is 2.17. The van der Waals surface area contributed by atoms with E-state index in [9.17, 15) is 0 Å². The Morgan fingerprint density at radius 2 is 2.10 bits per heavy atom. The second-order valence-electron chi connectivity index (χ2n) is 6.79. The van der Waals surface area contributed by atoms with Crippen LogP contribution in [0.1, 0.15) is 19.2 Å². The van der Waals surface area contributed by atoms with Gasteiger partial charge in [-0.2, -0.15) is 0 Å². The molecule has 0 aliphatic carbocycles. The quantitative estimate of drug-likeness (QED) is 0.240. The van der Waals surface area contributed by atoms with Crippen molar-refractivity contribution in [2.45, 2.75) is 19.9 Å². The Hall–Kier alpha value is -1.72. The molecule has 1 unspecified atom stereocenters. The highest BCUT2D eigenvalue weighted by atomic mass is 127. The van der Waals surface area contributed by atoms with Gasteiger partial charge in [0.1, 0.15) is 12.9 Å². The summed E-state index contributed by atoms with van der Waals surface area (Å²) in [6.07, 6.45) is 2.84. The molecule has 160 valence electrons. The van der Waals surface area contributed by atoms with Gasteiger partial charge < -0.3 is 19.7 Å². The first-order valence-electron chi connectivity index (χ1n) is 9.86. The third-order valence-electron chi connectivity index (χ3n) is 4.73. The normalized spacial score (nSPS) is 16.7. The molecule has 29 heavy (non-hydrogen) atoms. The molecule has 0 radical (unpaired) electrons. The van der Waals surface area contributed by atoms with Gasteiger partial charge in [0.15, 0.2) is 11.8 Å². The van der Waals surface area contributed by atoms with E-state index < -0.39 is 0 Å². The van der Waals surface area contributed by atoms with Crippen molar-refractivity contribution in [1.82, 2.24) is 25.0 Å². The van der Waals surface area contributed by atoms with Crippen LogP contribution in [0, 0.1) is 5.92 Å². The summed E-state index contributed by atoms with van der Waals surface area (Å²) < 4.78 is 12.7. The maximum Gasteiger partial charge on any atom is 0.194 e. The second kappa shape index (κ2) is 12.8. The van der Waals surface area contributed by atoms with Crippen molar-refractivity contribution in [3.8, 4) is 5.69 Å². The fourth-order valence-corrected chi connectivity index (χ4v) is 3.30. The van der Waals surface area contributed by atoms with Gasteiger partial charge in [0, 0.05) is 38.3 Å². The third-order valence-corrected chi connectivity index (χ3v) is 4.73. The molecule has 1 fully saturated rings. The summed E-state index contributed by atoms with van der Waals surface area (Å²) in [6.45, 7) is 7.38. The van der Waals surface area contributed by atoms with Gasteiger partial charge in [-0.25, -0.2) is 4.99 Å². The average molecular weight is 514 g/mol. The summed E-state index contributed by atoms with van der Waals surface area (Å²) in [4.78, 5) is 7.12. The number of nitrogens with zero attached hydrogens (tertiary/aromatic N) is 5. The van der Waals surface area contributed by atoms with E-state index in [1.165, 1.54) is 0 Å². The van der Waals surface area contributed by atoms with Gasteiger partial charge in [0.2, 0.25) is 0 Å². The molecule has 0 amide bonds. The van der Waals surface area contributed by atoms with Crippen LogP contribution in [0.2, 0.25) is 0 Å². The summed E-state index contributed by atoms with van der Waals surface area (Å²) in [5.41, 5.74) is 1.04. The van der Waals surface area contributed by atoms with E-state index in [1.54, 1.807) is 13.4 Å². The van der Waals surface area contributed by atoms with Crippen molar-refractivity contribution in [2.75, 3.05) is 46.6 Å². The van der Waals surface area contributed by atoms with Crippen LogP contribution in [0.3, 0.4) is 0 Å². The molecule has 1 aromatic heterocycles. The molecule has 1 N–H and O–H groups in total. The number of nitrogens with one attached hydrogen (secondary N) is 1. The van der Waals surface area contributed by atoms with Gasteiger partial charge in [0.25, 0.3) is 0 Å². The van der Waals surface area contributed by atoms with Crippen molar-refractivity contribution in [3.05, 3.63) is 42.5 Å². The number of hydrogen-bond donors (Lipinski definition) is 1. The van der Waals surface area contributed by atoms with E-state index in [0.717, 1.165) is 50.1 Å². The van der Waals surface area contributed by atoms with Gasteiger partial charge >= 0.3 is 0 Å². The smallest absolute Gasteiger partial charge is 0.194 e. The zero-order valence-corrected chi connectivity index (χ0v) is 19.5. The first-order chi connectivity index (χ1) is 13.8. The van der Waals surface area contributed by atoms with Gasteiger partial charge in [-0.15, -0.1) is 34.2 Å². The number of guanidine groups is 1. The minimum absolute atomic E-state index is 0. The van der Waals surface area contributed by atoms with Crippen LogP contribution in [0.25, 0.3) is 5.69 Å². The number of benzene rings is 1. The molecule has 1 aliphatic heterocycles. The second-order valence-corrected chi connectivity index (χ2v) is 6.79. The lowest BCUT2D eigenvalue weighted by atomic mass is 10.1. The molecule has 2 heterocycles. The third kappa shape index (κ3) is 6.93. The molecule has 3 rings (SSSR count). The number of para-hydroxylation sites is 1. The lowest BCUT2D eigenvalue weighted by molar-refractivity contribution is 0.0536. The fraction of sp³-hybridized carbons (Fsp3) is 0.550. The van der Waals surface area contributed by atoms with E-state index in [0.29, 0.717) is 25.7 Å². The van der Waals surface area contributed by atoms with Crippen LogP contribution in [-0.4, -0.2) is 72.2 Å². The number of ether oxygens (including phenoxy) is 2. The molecular formula is C20H31IN6O2. The van der Waals surface area contributed by atoms with Crippen molar-refractivity contribution >= 4 is 29.9 Å². The van der Waals surface area contributed by atoms with Crippen LogP contribution < -0.4 is 5.32 Å². The number of halogens is 1. The van der Waals surface area contributed by atoms with Gasteiger partial charge in [-0.1, -0.05) is 18.2 Å². The molecule has 9 heteroatoms. The molecule has 1 aliphatic rings. The minimum Gasteiger partial charge on any atom is -0.382 e. The number of hydrogen-bond acceptors (Lipinski definition) is 5. The summed E-state index contributed by atoms with van der Waals surface area (Å²) >= 11 is 0. The predicted molar refractivity (Wildman–Crippen MR) is 124 cm³/mol. The van der Waals surface area contributed by atoms with Crippen LogP contribution in [-0.2, 0) is 16.0 Å². The van der Waals surface area contributed by atoms with Crippen LogP contribution in [0.4, 0.5) is 0 Å². The predicted octanol–water partition coefficient (Wildman–Crippen LogP) is 2.34. The number of rotatable bonds is 9. The molecule has 1 saturated heterocycles. The van der Waals surface area contributed by atoms with E-state index in [1.807, 2.05) is 34.9 Å². The summed E-state index contributed by atoms with van der Waals surface area (Å²) in [6, 6.07) is 10.1. The topological polar surface area (TPSA) is 76.8 Å². The van der Waals surface area contributed by atoms with E-state index in [2.05, 4.69) is 27.3 Å². The van der Waals surface area contributed by atoms with Crippen molar-refractivity contribution in [2.24, 2.45) is 10.9 Å². The van der Waals surface area contributed by atoms with Gasteiger partial charge in [-0.05, 0) is 25.5 Å². The van der Waals surface area contributed by atoms with Crippen LogP contribution in [0.5, 0.6) is 0 Å². The fourth-order valence-electron chi connectivity index (χ4n) is 3.30. The highest BCUT2D eigenvalue weighted by Gasteiger charge is 2.25. The highest BCUT2D eigenvalue weighted by molar-refractivity contribution is 14.0. The Bertz CT molecular complexity index is 740. The summed E-state index contributed by atoms with van der Waals surface area (Å²) in [7, 11) is 1.69. The van der Waals surface area contributed by atoms with Gasteiger partial charge in [0.05, 0.1) is 19.8 Å². The van der Waals surface area contributed by atoms with Crippen molar-refractivity contribution < 1.29 is 9.47 Å². The Kier molecular flexibility index (Phi) is 10.4. The van der Waals surface area contributed by atoms with E-state index >= 15 is 0 Å². The molecular weight excluding hydrogens is 483 g/mol. The van der Waals surface area contributed by atoms with E-state index in [-0.39, 0.29) is 24.0 Å². The SMILES string of the molecule is CCNC(=NCc1nncn1-c1ccccc1)N1CCC(COCCOC)C1.I. The minimum atomic E-state index is 0. The first kappa shape index (κ1) is 23.6. The average Bonchev–Trinajstić information content (AvgIpc) is 3.39. The number of aromatic nitrogens is 3. The van der Waals surface area contributed by atoms with Crippen molar-refractivity contribution in [1.29, 1.82) is 0 Å². The number of aliphatic imine (C=N–C) groups is 1. The largest absolute Gasteiger partial charge is 0.382 e. The lowest BCUT2D eigenvalue weighted by Gasteiger charge is -2.21. The van der Waals surface area contributed by atoms with Crippen molar-refractivity contribution in [3.63, 3.8) is 0 Å². The van der Waals surface area contributed by atoms with Crippen LogP contribution in [0.15, 0.2) is 41.7 Å². The zero-order valence-electron chi connectivity index (χ0n) is 17.2. The standard InChI is InChI=1S/C20H30N6O2.HI/c1-3-21-20(25-10-9-17(14-25)15-28-12-11-27-2)22-13-19-24-23-16-26(19)18-7-5-4-6-8-18;/h4-8,16-17H,3,9-15H2,1-2H3,(H,21,22);1H. The first-order valence-corrected chi connectivity index (χ1v) is 9.86. The Morgan fingerprint density at radius 1 is 1.28 bits per heavy atom. The summed E-state index contributed by atoms with van der Waals surface area (Å²) in [5, 5.41) is 11.7. The molecule has 0 bridgehead atoms. The van der Waals surface area contributed by atoms with Crippen LogP contribution >= 0.6 is 24.0 Å². The van der Waals surface area contributed by atoms with E-state index in [4.69, 9.17) is 14.5 Å². The monoisotopic (exact) mass is 514 g/mol.